The van der Waals surface area contributed by atoms with Gasteiger partial charge in [0, 0.05) is 10.5 Å². The van der Waals surface area contributed by atoms with Crippen LogP contribution < -0.4 is 0 Å². The van der Waals surface area contributed by atoms with Gasteiger partial charge in [0.15, 0.2) is 0 Å². The maximum atomic E-state index is 5.90. The fourth-order valence-electron chi connectivity index (χ4n) is 2.79. The third-order valence-electron chi connectivity index (χ3n) is 4.09. The van der Waals surface area contributed by atoms with E-state index in [-0.39, 0.29) is 5.25 Å². The van der Waals surface area contributed by atoms with Crippen LogP contribution in [0.5, 0.6) is 0 Å². The summed E-state index contributed by atoms with van der Waals surface area (Å²) < 4.78 is 5.90. The van der Waals surface area contributed by atoms with E-state index in [1.165, 1.54) is 21.2 Å². The molecule has 1 aromatic heterocycles. The topological polar surface area (TPSA) is 38.9 Å². The molecule has 0 amide bonds. The van der Waals surface area contributed by atoms with Gasteiger partial charge < -0.3 is 4.42 Å². The normalized spacial score (nSPS) is 12.4. The van der Waals surface area contributed by atoms with Crippen molar-refractivity contribution in [3.63, 3.8) is 0 Å². The highest BCUT2D eigenvalue weighted by molar-refractivity contribution is 7.99. The van der Waals surface area contributed by atoms with Crippen LogP contribution in [-0.4, -0.2) is 10.2 Å². The smallest absolute Gasteiger partial charge is 0.247 e. The molecule has 1 heterocycles. The second-order valence-corrected chi connectivity index (χ2v) is 7.50. The second kappa shape index (κ2) is 6.73. The van der Waals surface area contributed by atoms with Gasteiger partial charge in [-0.15, -0.1) is 22.0 Å². The molecule has 0 saturated heterocycles. The fourth-order valence-corrected chi connectivity index (χ4v) is 3.73. The van der Waals surface area contributed by atoms with Crippen LogP contribution in [0.2, 0.25) is 0 Å². The Morgan fingerprint density at radius 3 is 2.56 bits per heavy atom. The summed E-state index contributed by atoms with van der Waals surface area (Å²) in [7, 11) is 0. The Kier molecular flexibility index (Phi) is 4.28. The molecular weight excluding hydrogens is 328 g/mol. The van der Waals surface area contributed by atoms with E-state index >= 15 is 0 Å². The summed E-state index contributed by atoms with van der Waals surface area (Å²) in [4.78, 5) is 1.20. The van der Waals surface area contributed by atoms with E-state index < -0.39 is 0 Å². The molecule has 4 rings (SSSR count). The van der Waals surface area contributed by atoms with E-state index in [2.05, 4.69) is 78.6 Å². The third-order valence-corrected chi connectivity index (χ3v) is 5.17. The molecule has 3 nitrogen and oxygen atoms in total. The second-order valence-electron chi connectivity index (χ2n) is 6.08. The Morgan fingerprint density at radius 2 is 1.72 bits per heavy atom. The van der Waals surface area contributed by atoms with Crippen molar-refractivity contribution in [1.29, 1.82) is 0 Å². The lowest BCUT2D eigenvalue weighted by Crippen LogP contribution is -1.88. The minimum Gasteiger partial charge on any atom is -0.419 e. The molecule has 0 aliphatic carbocycles. The minimum absolute atomic E-state index is 0.0900. The van der Waals surface area contributed by atoms with Crippen LogP contribution in [0.25, 0.3) is 22.2 Å². The molecular formula is C21H18N2OS. The van der Waals surface area contributed by atoms with Crippen LogP contribution in [-0.2, 0) is 0 Å². The largest absolute Gasteiger partial charge is 0.419 e. The van der Waals surface area contributed by atoms with Gasteiger partial charge in [0.1, 0.15) is 0 Å². The van der Waals surface area contributed by atoms with Crippen LogP contribution in [0.1, 0.15) is 23.6 Å². The molecule has 0 aliphatic heterocycles. The van der Waals surface area contributed by atoms with Gasteiger partial charge >= 0.3 is 0 Å². The average Bonchev–Trinajstić information content (AvgIpc) is 3.12. The van der Waals surface area contributed by atoms with E-state index in [0.29, 0.717) is 11.8 Å². The first kappa shape index (κ1) is 15.9. The summed E-state index contributed by atoms with van der Waals surface area (Å²) in [5.41, 5.74) is 2.14. The van der Waals surface area contributed by atoms with Crippen molar-refractivity contribution in [2.75, 3.05) is 0 Å². The minimum atomic E-state index is 0.0900. The number of fused-ring (bicyclic) bond motifs is 1. The maximum Gasteiger partial charge on any atom is 0.247 e. The van der Waals surface area contributed by atoms with Crippen LogP contribution >= 0.6 is 11.8 Å². The summed E-state index contributed by atoms with van der Waals surface area (Å²) in [6.07, 6.45) is 0. The quantitative estimate of drug-likeness (QED) is 0.422. The Hall–Kier alpha value is -2.59. The van der Waals surface area contributed by atoms with Crippen LogP contribution in [0, 0.1) is 6.92 Å². The Labute approximate surface area is 151 Å². The molecule has 0 N–H and O–H groups in total. The van der Waals surface area contributed by atoms with Crippen LogP contribution in [0.3, 0.4) is 0 Å². The number of nitrogens with zero attached hydrogens (tertiary/aromatic N) is 2. The lowest BCUT2D eigenvalue weighted by Gasteiger charge is -2.08. The molecule has 0 saturated carbocycles. The maximum absolute atomic E-state index is 5.90. The highest BCUT2D eigenvalue weighted by atomic mass is 32.2. The summed E-state index contributed by atoms with van der Waals surface area (Å²) >= 11 is 1.73. The monoisotopic (exact) mass is 346 g/mol. The van der Waals surface area contributed by atoms with E-state index in [0.717, 1.165) is 5.56 Å². The summed E-state index contributed by atoms with van der Waals surface area (Å²) in [5.74, 6) is 1.22. The average molecular weight is 346 g/mol. The predicted octanol–water partition coefficient (Wildman–Crippen LogP) is 6.05. The zero-order valence-electron chi connectivity index (χ0n) is 14.1. The van der Waals surface area contributed by atoms with Gasteiger partial charge in [-0.2, -0.15) is 0 Å². The van der Waals surface area contributed by atoms with Crippen molar-refractivity contribution in [3.05, 3.63) is 78.2 Å². The molecule has 0 bridgehead atoms. The Bertz CT molecular complexity index is 1030. The van der Waals surface area contributed by atoms with Crippen molar-refractivity contribution >= 4 is 22.5 Å². The molecule has 0 fully saturated rings. The molecule has 4 aromatic rings. The van der Waals surface area contributed by atoms with Gasteiger partial charge in [-0.3, -0.25) is 0 Å². The number of hydrogen-bond donors (Lipinski definition) is 0. The summed E-state index contributed by atoms with van der Waals surface area (Å²) in [6.45, 7) is 4.15. The molecule has 3 aromatic carbocycles. The number of benzene rings is 3. The number of thioether (sulfide) groups is 1. The Morgan fingerprint density at radius 1 is 0.880 bits per heavy atom. The zero-order valence-corrected chi connectivity index (χ0v) is 15.0. The van der Waals surface area contributed by atoms with Crippen molar-refractivity contribution in [3.8, 4) is 11.5 Å². The molecule has 0 aliphatic rings. The molecule has 25 heavy (non-hydrogen) atoms. The van der Waals surface area contributed by atoms with Crippen molar-refractivity contribution in [2.45, 2.75) is 24.0 Å². The van der Waals surface area contributed by atoms with Crippen LogP contribution in [0.4, 0.5) is 0 Å². The van der Waals surface area contributed by atoms with Gasteiger partial charge in [-0.1, -0.05) is 48.0 Å². The first-order valence-corrected chi connectivity index (χ1v) is 9.13. The molecule has 0 spiro atoms. The first-order valence-electron chi connectivity index (χ1n) is 8.25. The standard InChI is InChI=1S/C21H18N2OS/c1-14-6-5-9-18(12-14)21-23-22-20(24-21)15(2)25-19-11-10-16-7-3-4-8-17(16)13-19/h3-13,15H,1-2H3/t15-/m0/s1. The zero-order chi connectivity index (χ0) is 17.2. The third kappa shape index (κ3) is 3.44. The van der Waals surface area contributed by atoms with Crippen molar-refractivity contribution < 1.29 is 4.42 Å². The fraction of sp³-hybridized carbons (Fsp3) is 0.143. The summed E-state index contributed by atoms with van der Waals surface area (Å²) in [6, 6.07) is 23.0. The van der Waals surface area contributed by atoms with Crippen molar-refractivity contribution in [1.82, 2.24) is 10.2 Å². The lowest BCUT2D eigenvalue weighted by atomic mass is 10.1. The van der Waals surface area contributed by atoms with Crippen molar-refractivity contribution in [2.24, 2.45) is 0 Å². The highest BCUT2D eigenvalue weighted by Crippen LogP contribution is 2.36. The Balaban J connectivity index is 1.55. The predicted molar refractivity (Wildman–Crippen MR) is 103 cm³/mol. The van der Waals surface area contributed by atoms with Gasteiger partial charge in [-0.05, 0) is 48.9 Å². The SMILES string of the molecule is Cc1cccc(-c2nnc([C@H](C)Sc3ccc4ccccc4c3)o2)c1. The molecule has 4 heteroatoms. The number of hydrogen-bond acceptors (Lipinski definition) is 4. The highest BCUT2D eigenvalue weighted by Gasteiger charge is 2.16. The van der Waals surface area contributed by atoms with Gasteiger partial charge in [-0.25, -0.2) is 0 Å². The van der Waals surface area contributed by atoms with Gasteiger partial charge in [0.25, 0.3) is 0 Å². The number of aryl methyl sites for hydroxylation is 1. The van der Waals surface area contributed by atoms with E-state index in [1.807, 2.05) is 12.1 Å². The lowest BCUT2D eigenvalue weighted by molar-refractivity contribution is 0.509. The van der Waals surface area contributed by atoms with Gasteiger partial charge in [0.05, 0.1) is 5.25 Å². The molecule has 0 radical (unpaired) electrons. The summed E-state index contributed by atoms with van der Waals surface area (Å²) in [5, 5.41) is 11.0. The van der Waals surface area contributed by atoms with Crippen LogP contribution in [0.15, 0.2) is 76.0 Å². The first-order chi connectivity index (χ1) is 12.2. The van der Waals surface area contributed by atoms with E-state index in [9.17, 15) is 0 Å². The molecule has 1 atom stereocenters. The van der Waals surface area contributed by atoms with E-state index in [1.54, 1.807) is 11.8 Å². The molecule has 0 unspecified atom stereocenters. The number of aromatic nitrogens is 2. The number of rotatable bonds is 4. The van der Waals surface area contributed by atoms with E-state index in [4.69, 9.17) is 4.42 Å². The molecule has 124 valence electrons. The van der Waals surface area contributed by atoms with Gasteiger partial charge in [0.2, 0.25) is 11.8 Å².